The van der Waals surface area contributed by atoms with Crippen LogP contribution in [0, 0.1) is 11.6 Å². The molecule has 1 fully saturated rings. The van der Waals surface area contributed by atoms with Crippen molar-refractivity contribution in [2.24, 2.45) is 0 Å². The second-order valence-corrected chi connectivity index (χ2v) is 5.46. The minimum absolute atomic E-state index is 0.266. The Morgan fingerprint density at radius 1 is 0.783 bits per heavy atom. The van der Waals surface area contributed by atoms with Crippen LogP contribution in [0.1, 0.15) is 11.1 Å². The van der Waals surface area contributed by atoms with Gasteiger partial charge in [-0.15, -0.1) is 0 Å². The quantitative estimate of drug-likeness (QED) is 0.855. The molecule has 0 aromatic heterocycles. The zero-order valence-electron chi connectivity index (χ0n) is 12.7. The summed E-state index contributed by atoms with van der Waals surface area (Å²) >= 11 is 0. The Bertz CT molecular complexity index is 737. The van der Waals surface area contributed by atoms with Gasteiger partial charge in [0.05, 0.1) is 0 Å². The third kappa shape index (κ3) is 3.46. The first-order chi connectivity index (χ1) is 11.1. The van der Waals surface area contributed by atoms with Crippen LogP contribution in [0.4, 0.5) is 8.78 Å². The molecule has 2 aromatic rings. The fourth-order valence-electron chi connectivity index (χ4n) is 2.59. The van der Waals surface area contributed by atoms with E-state index >= 15 is 0 Å². The molecular weight excluding hydrogens is 292 g/mol. The Labute approximate surface area is 134 Å². The van der Waals surface area contributed by atoms with E-state index in [2.05, 4.69) is 11.9 Å². The van der Waals surface area contributed by atoms with Crippen LogP contribution in [0.15, 0.2) is 71.8 Å². The molecule has 1 aliphatic rings. The molecule has 1 saturated heterocycles. The number of hydrogen-bond acceptors (Lipinski definition) is 1. The molecule has 3 rings (SSSR count). The van der Waals surface area contributed by atoms with Crippen LogP contribution in [0.25, 0.3) is 12.2 Å². The summed E-state index contributed by atoms with van der Waals surface area (Å²) in [6, 6.07) is 13.2. The molecule has 0 unspecified atom stereocenters. The highest BCUT2D eigenvalue weighted by Gasteiger charge is 2.15. The van der Waals surface area contributed by atoms with E-state index in [0.29, 0.717) is 24.2 Å². The lowest BCUT2D eigenvalue weighted by atomic mass is 9.92. The van der Waals surface area contributed by atoms with Gasteiger partial charge in [-0.25, -0.2) is 8.78 Å². The predicted molar refractivity (Wildman–Crippen MR) is 90.8 cm³/mol. The van der Waals surface area contributed by atoms with Crippen molar-refractivity contribution >= 4 is 12.2 Å². The fourth-order valence-corrected chi connectivity index (χ4v) is 2.59. The van der Waals surface area contributed by atoms with Crippen LogP contribution in [0.5, 0.6) is 0 Å². The second kappa shape index (κ2) is 6.71. The molecule has 2 aromatic carbocycles. The summed E-state index contributed by atoms with van der Waals surface area (Å²) in [5, 5.41) is 3.25. The highest BCUT2D eigenvalue weighted by atomic mass is 19.1. The minimum atomic E-state index is -0.266. The van der Waals surface area contributed by atoms with Crippen molar-refractivity contribution < 1.29 is 8.78 Å². The Morgan fingerprint density at radius 3 is 1.65 bits per heavy atom. The van der Waals surface area contributed by atoms with Gasteiger partial charge in [0.1, 0.15) is 11.6 Å². The van der Waals surface area contributed by atoms with Crippen molar-refractivity contribution in [3.63, 3.8) is 0 Å². The molecule has 1 heterocycles. The van der Waals surface area contributed by atoms with Crippen molar-refractivity contribution in [3.05, 3.63) is 94.6 Å². The molecule has 1 aliphatic heterocycles. The molecule has 0 spiro atoms. The maximum Gasteiger partial charge on any atom is 0.130 e. The van der Waals surface area contributed by atoms with Gasteiger partial charge in [0.15, 0.2) is 0 Å². The minimum Gasteiger partial charge on any atom is -0.309 e. The van der Waals surface area contributed by atoms with Gasteiger partial charge in [-0.3, -0.25) is 0 Å². The average Bonchev–Trinajstić information content (AvgIpc) is 2.55. The zero-order valence-corrected chi connectivity index (χ0v) is 12.7. The van der Waals surface area contributed by atoms with Crippen molar-refractivity contribution in [2.75, 3.05) is 13.1 Å². The normalized spacial score (nSPS) is 18.6. The van der Waals surface area contributed by atoms with Gasteiger partial charge < -0.3 is 5.32 Å². The van der Waals surface area contributed by atoms with E-state index in [4.69, 9.17) is 0 Å². The van der Waals surface area contributed by atoms with Crippen LogP contribution in [-0.4, -0.2) is 13.1 Å². The number of halogens is 2. The van der Waals surface area contributed by atoms with Crippen LogP contribution in [0.3, 0.4) is 0 Å². The van der Waals surface area contributed by atoms with Gasteiger partial charge in [0.25, 0.3) is 0 Å². The summed E-state index contributed by atoms with van der Waals surface area (Å²) in [7, 11) is 0. The number of nitrogens with one attached hydrogen (secondary N) is 1. The van der Waals surface area contributed by atoms with Crippen molar-refractivity contribution in [1.82, 2.24) is 5.32 Å². The first-order valence-corrected chi connectivity index (χ1v) is 7.46. The second-order valence-electron chi connectivity index (χ2n) is 5.46. The first-order valence-electron chi connectivity index (χ1n) is 7.46. The van der Waals surface area contributed by atoms with Crippen molar-refractivity contribution in [2.45, 2.75) is 0 Å². The van der Waals surface area contributed by atoms with E-state index in [1.807, 2.05) is 0 Å². The Hall–Kier alpha value is -2.52. The van der Waals surface area contributed by atoms with E-state index in [0.717, 1.165) is 16.7 Å². The fraction of sp³-hybridized carbons (Fsp3) is 0.100. The largest absolute Gasteiger partial charge is 0.309 e. The molecule has 0 radical (unpaired) electrons. The molecule has 1 N–H and O–H groups in total. The van der Waals surface area contributed by atoms with Gasteiger partial charge in [-0.05, 0) is 41.0 Å². The van der Waals surface area contributed by atoms with Gasteiger partial charge >= 0.3 is 0 Å². The molecule has 1 nitrogen and oxygen atoms in total. The molecule has 0 atom stereocenters. The molecule has 0 aliphatic carbocycles. The average molecular weight is 309 g/mol. The summed E-state index contributed by atoms with van der Waals surface area (Å²) in [5.74, 6) is -0.531. The summed E-state index contributed by atoms with van der Waals surface area (Å²) in [5.41, 5.74) is 3.68. The van der Waals surface area contributed by atoms with E-state index in [9.17, 15) is 8.78 Å². The van der Waals surface area contributed by atoms with Gasteiger partial charge in [0, 0.05) is 24.2 Å². The van der Waals surface area contributed by atoms with Crippen LogP contribution in [-0.2, 0) is 0 Å². The molecule has 3 heteroatoms. The number of rotatable bonds is 2. The monoisotopic (exact) mass is 309 g/mol. The Balaban J connectivity index is 1.93. The smallest absolute Gasteiger partial charge is 0.130 e. The third-order valence-electron chi connectivity index (χ3n) is 3.88. The maximum absolute atomic E-state index is 13.8. The molecule has 0 saturated carbocycles. The van der Waals surface area contributed by atoms with Gasteiger partial charge in [-0.1, -0.05) is 43.0 Å². The topological polar surface area (TPSA) is 12.0 Å². The summed E-state index contributed by atoms with van der Waals surface area (Å²) in [6.07, 6.45) is 3.58. The lowest BCUT2D eigenvalue weighted by Crippen LogP contribution is -2.27. The van der Waals surface area contributed by atoms with Crippen molar-refractivity contribution in [3.8, 4) is 0 Å². The summed E-state index contributed by atoms with van der Waals surface area (Å²) in [4.78, 5) is 0. The highest BCUT2D eigenvalue weighted by Crippen LogP contribution is 2.26. The van der Waals surface area contributed by atoms with E-state index in [-0.39, 0.29) is 11.6 Å². The SMILES string of the molecule is C=C1/C(=C/c2ccccc2F)CNC/C1=C\c1ccccc1F. The van der Waals surface area contributed by atoms with Crippen LogP contribution < -0.4 is 5.32 Å². The van der Waals surface area contributed by atoms with E-state index in [1.54, 1.807) is 48.6 Å². The summed E-state index contributed by atoms with van der Waals surface area (Å²) in [6.45, 7) is 5.33. The Kier molecular flexibility index (Phi) is 4.49. The number of hydrogen-bond donors (Lipinski definition) is 1. The number of benzene rings is 2. The third-order valence-corrected chi connectivity index (χ3v) is 3.88. The molecular formula is C20H17F2N. The van der Waals surface area contributed by atoms with Crippen LogP contribution >= 0.6 is 0 Å². The molecule has 116 valence electrons. The van der Waals surface area contributed by atoms with Gasteiger partial charge in [0.2, 0.25) is 0 Å². The zero-order chi connectivity index (χ0) is 16.2. The maximum atomic E-state index is 13.8. The highest BCUT2D eigenvalue weighted by molar-refractivity contribution is 5.69. The van der Waals surface area contributed by atoms with Crippen LogP contribution in [0.2, 0.25) is 0 Å². The number of piperidine rings is 1. The standard InChI is InChI=1S/C20H17F2N/c1-14-17(10-15-6-2-4-8-19(15)21)12-23-13-18(14)11-16-7-3-5-9-20(16)22/h2-11,23H,1,12-13H2/b17-10+,18-11+. The van der Waals surface area contributed by atoms with Gasteiger partial charge in [-0.2, -0.15) is 0 Å². The molecule has 0 amide bonds. The predicted octanol–water partition coefficient (Wildman–Crippen LogP) is 4.59. The summed E-state index contributed by atoms with van der Waals surface area (Å²) < 4.78 is 27.6. The van der Waals surface area contributed by atoms with Crippen molar-refractivity contribution in [1.29, 1.82) is 0 Å². The molecule has 23 heavy (non-hydrogen) atoms. The first kappa shape index (κ1) is 15.4. The Morgan fingerprint density at radius 2 is 1.22 bits per heavy atom. The van der Waals surface area contributed by atoms with E-state index < -0.39 is 0 Å². The lowest BCUT2D eigenvalue weighted by molar-refractivity contribution is 0.624. The molecule has 0 bridgehead atoms. The van der Waals surface area contributed by atoms with E-state index in [1.165, 1.54) is 12.1 Å². The lowest BCUT2D eigenvalue weighted by Gasteiger charge is -2.22.